The number of hydrogen-bond acceptors (Lipinski definition) is 2. The maximum atomic E-state index is 10.9. The fourth-order valence-corrected chi connectivity index (χ4v) is 1.55. The summed E-state index contributed by atoms with van der Waals surface area (Å²) in [6.07, 6.45) is 3.55. The zero-order chi connectivity index (χ0) is 11.7. The molecule has 1 atom stereocenters. The first-order valence-corrected chi connectivity index (χ1v) is 4.99. The molecule has 0 aromatic carbocycles. The lowest BCUT2D eigenvalue weighted by atomic mass is 9.73. The van der Waals surface area contributed by atoms with Crippen molar-refractivity contribution in [3.05, 3.63) is 18.5 Å². The van der Waals surface area contributed by atoms with Crippen molar-refractivity contribution < 1.29 is 9.90 Å². The largest absolute Gasteiger partial charge is 0.481 e. The number of hydrogen-bond donors (Lipinski definition) is 1. The highest BCUT2D eigenvalue weighted by atomic mass is 16.4. The molecule has 0 aliphatic heterocycles. The van der Waals surface area contributed by atoms with Gasteiger partial charge in [0.2, 0.25) is 0 Å². The van der Waals surface area contributed by atoms with Gasteiger partial charge in [-0.05, 0) is 18.4 Å². The van der Waals surface area contributed by atoms with Gasteiger partial charge >= 0.3 is 5.97 Å². The normalized spacial score (nSPS) is 16.0. The molecule has 1 rings (SSSR count). The maximum Gasteiger partial charge on any atom is 0.305 e. The van der Waals surface area contributed by atoms with Gasteiger partial charge in [0, 0.05) is 12.4 Å². The van der Waals surface area contributed by atoms with Crippen LogP contribution in [0, 0.1) is 5.41 Å². The number of carbonyl (C=O) groups is 1. The first-order valence-electron chi connectivity index (χ1n) is 4.99. The van der Waals surface area contributed by atoms with Gasteiger partial charge in [-0.15, -0.1) is 0 Å². The van der Waals surface area contributed by atoms with Crippen molar-refractivity contribution >= 4 is 5.97 Å². The van der Waals surface area contributed by atoms with Gasteiger partial charge in [-0.2, -0.15) is 5.10 Å². The molecule has 1 N–H and O–H groups in total. The van der Waals surface area contributed by atoms with Crippen molar-refractivity contribution in [2.24, 2.45) is 5.41 Å². The van der Waals surface area contributed by atoms with Gasteiger partial charge in [0.25, 0.3) is 0 Å². The van der Waals surface area contributed by atoms with E-state index in [4.69, 9.17) is 5.11 Å². The molecule has 0 amide bonds. The molecular weight excluding hydrogens is 192 g/mol. The standard InChI is InChI=1S/C11H18N2O2/c1-10(2,3)11(4,8-9(14)15)13-7-5-6-12-13/h5-7H,8H2,1-4H3,(H,14,15). The second kappa shape index (κ2) is 3.68. The molecule has 0 saturated carbocycles. The van der Waals surface area contributed by atoms with Gasteiger partial charge in [0.1, 0.15) is 0 Å². The predicted octanol–water partition coefficient (Wildman–Crippen LogP) is 2.12. The van der Waals surface area contributed by atoms with Crippen molar-refractivity contribution in [3.63, 3.8) is 0 Å². The SMILES string of the molecule is CC(C)(C)C(C)(CC(=O)O)n1cccn1. The summed E-state index contributed by atoms with van der Waals surface area (Å²) < 4.78 is 1.74. The maximum absolute atomic E-state index is 10.9. The lowest BCUT2D eigenvalue weighted by molar-refractivity contribution is -0.141. The smallest absolute Gasteiger partial charge is 0.305 e. The Morgan fingerprint density at radius 3 is 2.33 bits per heavy atom. The third-order valence-electron chi connectivity index (χ3n) is 3.12. The van der Waals surface area contributed by atoms with Crippen LogP contribution in [0.4, 0.5) is 0 Å². The molecule has 0 spiro atoms. The van der Waals surface area contributed by atoms with Crippen LogP contribution >= 0.6 is 0 Å². The fraction of sp³-hybridized carbons (Fsp3) is 0.636. The Kier molecular flexibility index (Phi) is 2.88. The molecule has 0 fully saturated rings. The third-order valence-corrected chi connectivity index (χ3v) is 3.12. The topological polar surface area (TPSA) is 55.1 Å². The van der Waals surface area contributed by atoms with Crippen molar-refractivity contribution in [3.8, 4) is 0 Å². The molecule has 1 heterocycles. The Bertz CT molecular complexity index is 338. The Labute approximate surface area is 89.9 Å². The van der Waals surface area contributed by atoms with Crippen LogP contribution in [0.15, 0.2) is 18.5 Å². The van der Waals surface area contributed by atoms with Gasteiger partial charge in [-0.25, -0.2) is 0 Å². The van der Waals surface area contributed by atoms with Crippen molar-refractivity contribution in [1.29, 1.82) is 0 Å². The van der Waals surface area contributed by atoms with Crippen molar-refractivity contribution in [2.45, 2.75) is 39.7 Å². The van der Waals surface area contributed by atoms with Gasteiger partial charge in [0.05, 0.1) is 12.0 Å². The molecule has 84 valence electrons. The summed E-state index contributed by atoms with van der Waals surface area (Å²) in [5.41, 5.74) is -0.681. The van der Waals surface area contributed by atoms with E-state index in [2.05, 4.69) is 5.10 Å². The number of aromatic nitrogens is 2. The summed E-state index contributed by atoms with van der Waals surface area (Å²) in [6, 6.07) is 1.81. The molecular formula is C11H18N2O2. The van der Waals surface area contributed by atoms with E-state index in [1.807, 2.05) is 40.0 Å². The van der Waals surface area contributed by atoms with Crippen LogP contribution in [-0.2, 0) is 10.3 Å². The molecule has 1 aromatic heterocycles. The number of rotatable bonds is 3. The number of carboxylic acid groups (broad SMARTS) is 1. The van der Waals surface area contributed by atoms with Crippen LogP contribution < -0.4 is 0 Å². The number of nitrogens with zero attached hydrogens (tertiary/aromatic N) is 2. The van der Waals surface area contributed by atoms with E-state index in [1.165, 1.54) is 0 Å². The molecule has 0 aliphatic rings. The highest BCUT2D eigenvalue weighted by molar-refractivity contribution is 5.68. The summed E-state index contributed by atoms with van der Waals surface area (Å²) >= 11 is 0. The molecule has 0 radical (unpaired) electrons. The third kappa shape index (κ3) is 2.19. The first-order chi connectivity index (χ1) is 6.77. The summed E-state index contributed by atoms with van der Waals surface area (Å²) in [5.74, 6) is -0.803. The quantitative estimate of drug-likeness (QED) is 0.831. The molecule has 1 aromatic rings. The van der Waals surface area contributed by atoms with Gasteiger partial charge in [0.15, 0.2) is 0 Å². The van der Waals surface area contributed by atoms with Gasteiger partial charge in [-0.1, -0.05) is 20.8 Å². The second-order valence-corrected chi connectivity index (χ2v) is 5.05. The fourth-order valence-electron chi connectivity index (χ4n) is 1.55. The Morgan fingerprint density at radius 1 is 1.40 bits per heavy atom. The molecule has 4 heteroatoms. The number of aliphatic carboxylic acids is 1. The van der Waals surface area contributed by atoms with E-state index in [0.717, 1.165) is 0 Å². The Morgan fingerprint density at radius 2 is 2.00 bits per heavy atom. The van der Waals surface area contributed by atoms with E-state index >= 15 is 0 Å². The first kappa shape index (κ1) is 11.8. The lowest BCUT2D eigenvalue weighted by Gasteiger charge is -2.41. The van der Waals surface area contributed by atoms with E-state index < -0.39 is 11.5 Å². The highest BCUT2D eigenvalue weighted by Crippen LogP contribution is 2.39. The van der Waals surface area contributed by atoms with Crippen LogP contribution in [0.3, 0.4) is 0 Å². The molecule has 4 nitrogen and oxygen atoms in total. The molecule has 15 heavy (non-hydrogen) atoms. The van der Waals surface area contributed by atoms with E-state index in [-0.39, 0.29) is 11.8 Å². The van der Waals surface area contributed by atoms with Gasteiger partial charge < -0.3 is 5.11 Å². The monoisotopic (exact) mass is 210 g/mol. The van der Waals surface area contributed by atoms with Crippen LogP contribution in [0.25, 0.3) is 0 Å². The molecule has 0 bridgehead atoms. The van der Waals surface area contributed by atoms with E-state index in [9.17, 15) is 4.79 Å². The van der Waals surface area contributed by atoms with Crippen LogP contribution in [-0.4, -0.2) is 20.9 Å². The zero-order valence-corrected chi connectivity index (χ0v) is 9.69. The summed E-state index contributed by atoms with van der Waals surface area (Å²) in [5, 5.41) is 13.1. The Balaban J connectivity index is 3.13. The van der Waals surface area contributed by atoms with E-state index in [1.54, 1.807) is 10.9 Å². The summed E-state index contributed by atoms with van der Waals surface area (Å²) in [7, 11) is 0. The van der Waals surface area contributed by atoms with Crippen molar-refractivity contribution in [1.82, 2.24) is 9.78 Å². The van der Waals surface area contributed by atoms with Crippen molar-refractivity contribution in [2.75, 3.05) is 0 Å². The average molecular weight is 210 g/mol. The summed E-state index contributed by atoms with van der Waals surface area (Å²) in [6.45, 7) is 8.00. The molecule has 0 saturated heterocycles. The van der Waals surface area contributed by atoms with Crippen LogP contribution in [0.2, 0.25) is 0 Å². The number of carboxylic acids is 1. The predicted molar refractivity (Wildman–Crippen MR) is 57.6 cm³/mol. The molecule has 1 unspecified atom stereocenters. The van der Waals surface area contributed by atoms with Crippen LogP contribution in [0.1, 0.15) is 34.1 Å². The minimum absolute atomic E-state index is 0.0676. The lowest BCUT2D eigenvalue weighted by Crippen LogP contribution is -2.45. The van der Waals surface area contributed by atoms with Gasteiger partial charge in [-0.3, -0.25) is 9.48 Å². The molecule has 0 aliphatic carbocycles. The van der Waals surface area contributed by atoms with E-state index in [0.29, 0.717) is 0 Å². The average Bonchev–Trinajstić information content (AvgIpc) is 2.51. The minimum atomic E-state index is -0.803. The zero-order valence-electron chi connectivity index (χ0n) is 9.69. The summed E-state index contributed by atoms with van der Waals surface area (Å²) in [4.78, 5) is 10.9. The highest BCUT2D eigenvalue weighted by Gasteiger charge is 2.41. The van der Waals surface area contributed by atoms with Crippen LogP contribution in [0.5, 0.6) is 0 Å². The minimum Gasteiger partial charge on any atom is -0.481 e. The Hall–Kier alpha value is -1.32. The second-order valence-electron chi connectivity index (χ2n) is 5.05.